The number of likely N-dealkylation sites (tertiary alicyclic amines) is 1. The second-order valence-corrected chi connectivity index (χ2v) is 8.96. The number of nitrogens with one attached hydrogen (secondary N) is 2. The number of amides is 1. The molecule has 4 heterocycles. The molecule has 5 rings (SSSR count). The number of hydrogen-bond acceptors (Lipinski definition) is 6. The number of hydrogen-bond donors (Lipinski definition) is 2. The van der Waals surface area contributed by atoms with Crippen LogP contribution in [0.1, 0.15) is 23.2 Å². The highest BCUT2D eigenvalue weighted by molar-refractivity contribution is 5.99. The van der Waals surface area contributed by atoms with Crippen molar-refractivity contribution in [1.29, 1.82) is 0 Å². The van der Waals surface area contributed by atoms with Gasteiger partial charge in [-0.1, -0.05) is 12.1 Å². The van der Waals surface area contributed by atoms with Gasteiger partial charge in [0.15, 0.2) is 0 Å². The maximum atomic E-state index is 13.2. The van der Waals surface area contributed by atoms with Gasteiger partial charge in [0, 0.05) is 74.8 Å². The van der Waals surface area contributed by atoms with Crippen molar-refractivity contribution >= 4 is 22.6 Å². The Labute approximate surface area is 200 Å². The Hall–Kier alpha value is -2.94. The summed E-state index contributed by atoms with van der Waals surface area (Å²) in [4.78, 5) is 25.4. The number of carbonyl (C=O) groups is 1. The number of nitrogens with zero attached hydrogens (tertiary/aromatic N) is 3. The summed E-state index contributed by atoms with van der Waals surface area (Å²) >= 11 is 0. The van der Waals surface area contributed by atoms with Gasteiger partial charge in [0.1, 0.15) is 5.65 Å². The zero-order valence-corrected chi connectivity index (χ0v) is 19.8. The van der Waals surface area contributed by atoms with Gasteiger partial charge in [-0.25, -0.2) is 4.98 Å². The Morgan fingerprint density at radius 1 is 1.15 bits per heavy atom. The van der Waals surface area contributed by atoms with Crippen LogP contribution in [0.5, 0.6) is 0 Å². The summed E-state index contributed by atoms with van der Waals surface area (Å²) in [5.74, 6) is 0.115. The van der Waals surface area contributed by atoms with Crippen molar-refractivity contribution in [3.63, 3.8) is 0 Å². The summed E-state index contributed by atoms with van der Waals surface area (Å²) in [6.45, 7) is 6.59. The molecule has 8 heteroatoms. The Morgan fingerprint density at radius 3 is 2.65 bits per heavy atom. The third kappa shape index (κ3) is 4.80. The number of rotatable bonds is 7. The summed E-state index contributed by atoms with van der Waals surface area (Å²) in [6.07, 6.45) is 5.83. The number of piperidine rings is 1. The van der Waals surface area contributed by atoms with Gasteiger partial charge in [0.05, 0.1) is 25.5 Å². The third-order valence-corrected chi connectivity index (χ3v) is 6.95. The van der Waals surface area contributed by atoms with E-state index in [1.165, 1.54) is 0 Å². The van der Waals surface area contributed by atoms with Crippen LogP contribution in [0.3, 0.4) is 0 Å². The van der Waals surface area contributed by atoms with Crippen LogP contribution in [-0.2, 0) is 9.47 Å². The fraction of sp³-hybridized carbons (Fsp3) is 0.462. The number of morpholine rings is 1. The van der Waals surface area contributed by atoms with Crippen LogP contribution in [0.25, 0.3) is 22.2 Å². The molecule has 2 saturated heterocycles. The monoisotopic (exact) mass is 463 g/mol. The van der Waals surface area contributed by atoms with Crippen molar-refractivity contribution in [2.75, 3.05) is 65.0 Å². The lowest BCUT2D eigenvalue weighted by molar-refractivity contribution is 0.00159. The highest BCUT2D eigenvalue weighted by atomic mass is 16.5. The molecule has 0 saturated carbocycles. The number of aromatic nitrogens is 2. The Bertz CT molecular complexity index is 1100. The summed E-state index contributed by atoms with van der Waals surface area (Å²) in [5.41, 5.74) is 4.63. The predicted molar refractivity (Wildman–Crippen MR) is 133 cm³/mol. The lowest BCUT2D eigenvalue weighted by atomic mass is 10.00. The molecule has 0 spiro atoms. The molecule has 2 N–H and O–H groups in total. The third-order valence-electron chi connectivity index (χ3n) is 6.95. The quantitative estimate of drug-likeness (QED) is 0.524. The maximum absolute atomic E-state index is 13.2. The van der Waals surface area contributed by atoms with Crippen molar-refractivity contribution in [1.82, 2.24) is 19.8 Å². The molecule has 8 nitrogen and oxygen atoms in total. The van der Waals surface area contributed by atoms with E-state index in [2.05, 4.69) is 20.2 Å². The smallest absolute Gasteiger partial charge is 0.253 e. The summed E-state index contributed by atoms with van der Waals surface area (Å²) in [6, 6.07) is 10.5. The van der Waals surface area contributed by atoms with Gasteiger partial charge in [-0.05, 0) is 36.6 Å². The number of pyridine rings is 1. The molecule has 34 heavy (non-hydrogen) atoms. The molecule has 0 unspecified atom stereocenters. The van der Waals surface area contributed by atoms with Gasteiger partial charge < -0.3 is 24.7 Å². The number of ether oxygens (including phenoxy) is 2. The molecule has 0 aliphatic carbocycles. The molecule has 3 aromatic rings. The van der Waals surface area contributed by atoms with Gasteiger partial charge in [0.2, 0.25) is 0 Å². The second kappa shape index (κ2) is 10.5. The summed E-state index contributed by atoms with van der Waals surface area (Å²) in [5, 5.41) is 4.53. The minimum Gasteiger partial charge on any atom is -0.383 e. The van der Waals surface area contributed by atoms with Gasteiger partial charge >= 0.3 is 0 Å². The number of methoxy groups -OCH3 is 1. The summed E-state index contributed by atoms with van der Waals surface area (Å²) in [7, 11) is 1.70. The molecule has 0 radical (unpaired) electrons. The zero-order valence-electron chi connectivity index (χ0n) is 19.8. The Balaban J connectivity index is 1.28. The molecular weight excluding hydrogens is 430 g/mol. The normalized spacial score (nSPS) is 17.9. The first-order chi connectivity index (χ1) is 16.7. The molecule has 2 aliphatic rings. The molecule has 2 aliphatic heterocycles. The highest BCUT2D eigenvalue weighted by Crippen LogP contribution is 2.33. The van der Waals surface area contributed by atoms with Gasteiger partial charge in [-0.15, -0.1) is 0 Å². The van der Waals surface area contributed by atoms with Crippen LogP contribution in [-0.4, -0.2) is 91.4 Å². The van der Waals surface area contributed by atoms with Crippen LogP contribution in [0, 0.1) is 0 Å². The molecule has 0 bridgehead atoms. The van der Waals surface area contributed by atoms with E-state index in [0.29, 0.717) is 19.2 Å². The van der Waals surface area contributed by atoms with Crippen molar-refractivity contribution in [2.45, 2.75) is 18.9 Å². The minimum absolute atomic E-state index is 0.115. The average Bonchev–Trinajstić information content (AvgIpc) is 3.39. The number of anilines is 1. The van der Waals surface area contributed by atoms with E-state index in [1.54, 1.807) is 7.11 Å². The molecule has 180 valence electrons. The fourth-order valence-corrected chi connectivity index (χ4v) is 5.05. The molecule has 0 atom stereocenters. The lowest BCUT2D eigenvalue weighted by Gasteiger charge is -2.40. The van der Waals surface area contributed by atoms with Crippen molar-refractivity contribution in [3.05, 3.63) is 48.3 Å². The van der Waals surface area contributed by atoms with E-state index in [-0.39, 0.29) is 5.91 Å². The van der Waals surface area contributed by atoms with Crippen LogP contribution in [0.4, 0.5) is 5.69 Å². The van der Waals surface area contributed by atoms with Gasteiger partial charge in [-0.3, -0.25) is 9.69 Å². The van der Waals surface area contributed by atoms with E-state index >= 15 is 0 Å². The van der Waals surface area contributed by atoms with Crippen LogP contribution in [0.2, 0.25) is 0 Å². The Morgan fingerprint density at radius 2 is 1.91 bits per heavy atom. The first-order valence-electron chi connectivity index (χ1n) is 12.1. The largest absolute Gasteiger partial charge is 0.383 e. The first-order valence-corrected chi connectivity index (χ1v) is 12.1. The zero-order chi connectivity index (χ0) is 23.3. The van der Waals surface area contributed by atoms with E-state index in [1.807, 2.05) is 47.6 Å². The Kier molecular flexibility index (Phi) is 7.08. The molecule has 2 aromatic heterocycles. The molecule has 2 fully saturated rings. The van der Waals surface area contributed by atoms with Crippen molar-refractivity contribution < 1.29 is 14.3 Å². The standard InChI is InChI=1S/C26H33N5O3/c1-33-15-10-27-24-22-6-9-28-25(22)29-18-23(24)19-2-4-20(5-3-19)26(32)31-11-7-21(8-12-31)30-13-16-34-17-14-30/h2-6,9,18,21H,7-8,10-17H2,1H3,(H2,27,28,29). The van der Waals surface area contributed by atoms with E-state index in [4.69, 9.17) is 9.47 Å². The van der Waals surface area contributed by atoms with Crippen LogP contribution in [0.15, 0.2) is 42.7 Å². The summed E-state index contributed by atoms with van der Waals surface area (Å²) < 4.78 is 10.7. The van der Waals surface area contributed by atoms with E-state index < -0.39 is 0 Å². The molecule has 1 aromatic carbocycles. The van der Waals surface area contributed by atoms with Gasteiger partial charge in [0.25, 0.3) is 5.91 Å². The second-order valence-electron chi connectivity index (χ2n) is 8.96. The SMILES string of the molecule is COCCNc1c(-c2ccc(C(=O)N3CCC(N4CCOCC4)CC3)cc2)cnc2[nH]ccc12. The number of fused-ring (bicyclic) bond motifs is 1. The lowest BCUT2D eigenvalue weighted by Crippen LogP contribution is -2.50. The number of benzene rings is 1. The average molecular weight is 464 g/mol. The fourth-order valence-electron chi connectivity index (χ4n) is 5.05. The number of aromatic amines is 1. The van der Waals surface area contributed by atoms with E-state index in [0.717, 1.165) is 85.6 Å². The van der Waals surface area contributed by atoms with Crippen molar-refractivity contribution in [3.8, 4) is 11.1 Å². The predicted octanol–water partition coefficient (Wildman–Crippen LogP) is 3.23. The number of carbonyl (C=O) groups excluding carboxylic acids is 1. The molecular formula is C26H33N5O3. The van der Waals surface area contributed by atoms with E-state index in [9.17, 15) is 4.79 Å². The molecule has 1 amide bonds. The topological polar surface area (TPSA) is 82.7 Å². The maximum Gasteiger partial charge on any atom is 0.253 e. The highest BCUT2D eigenvalue weighted by Gasteiger charge is 2.28. The number of H-pyrrole nitrogens is 1. The van der Waals surface area contributed by atoms with Crippen LogP contribution < -0.4 is 5.32 Å². The minimum atomic E-state index is 0.115. The first kappa shape index (κ1) is 22.8. The van der Waals surface area contributed by atoms with Gasteiger partial charge in [-0.2, -0.15) is 0 Å². The van der Waals surface area contributed by atoms with Crippen LogP contribution >= 0.6 is 0 Å². The van der Waals surface area contributed by atoms with Crippen molar-refractivity contribution in [2.24, 2.45) is 0 Å².